The SMILES string of the molecule is O=CCC#Cc1ccc(C(=O)C2CC2)cc1. The molecule has 16 heavy (non-hydrogen) atoms. The summed E-state index contributed by atoms with van der Waals surface area (Å²) >= 11 is 0. The van der Waals surface area contributed by atoms with Crippen molar-refractivity contribution in [2.75, 3.05) is 0 Å². The lowest BCUT2D eigenvalue weighted by atomic mass is 10.1. The lowest BCUT2D eigenvalue weighted by molar-refractivity contribution is -0.107. The van der Waals surface area contributed by atoms with Gasteiger partial charge in [-0.15, -0.1) is 0 Å². The van der Waals surface area contributed by atoms with Crippen molar-refractivity contribution < 1.29 is 9.59 Å². The molecule has 2 nitrogen and oxygen atoms in total. The Hall–Kier alpha value is -1.88. The Balaban J connectivity index is 2.07. The van der Waals surface area contributed by atoms with Gasteiger partial charge in [0.2, 0.25) is 0 Å². The van der Waals surface area contributed by atoms with Gasteiger partial charge in [-0.05, 0) is 25.0 Å². The molecule has 0 amide bonds. The highest BCUT2D eigenvalue weighted by Gasteiger charge is 2.30. The predicted molar refractivity (Wildman–Crippen MR) is 61.1 cm³/mol. The van der Waals surface area contributed by atoms with Gasteiger partial charge in [0.15, 0.2) is 5.78 Å². The van der Waals surface area contributed by atoms with E-state index in [9.17, 15) is 9.59 Å². The van der Waals surface area contributed by atoms with Crippen molar-refractivity contribution >= 4 is 12.1 Å². The number of benzene rings is 1. The van der Waals surface area contributed by atoms with Gasteiger partial charge in [0.25, 0.3) is 0 Å². The van der Waals surface area contributed by atoms with Crippen LogP contribution in [-0.4, -0.2) is 12.1 Å². The molecule has 1 aromatic carbocycles. The Morgan fingerprint density at radius 2 is 2.00 bits per heavy atom. The number of ketones is 1. The maximum Gasteiger partial charge on any atom is 0.165 e. The maximum absolute atomic E-state index is 11.7. The molecular formula is C14H12O2. The number of hydrogen-bond acceptors (Lipinski definition) is 2. The van der Waals surface area contributed by atoms with Crippen LogP contribution in [-0.2, 0) is 4.79 Å². The van der Waals surface area contributed by atoms with E-state index < -0.39 is 0 Å². The normalized spacial score (nSPS) is 13.8. The third kappa shape index (κ3) is 2.58. The summed E-state index contributed by atoms with van der Waals surface area (Å²) in [7, 11) is 0. The topological polar surface area (TPSA) is 34.1 Å². The van der Waals surface area contributed by atoms with E-state index >= 15 is 0 Å². The highest BCUT2D eigenvalue weighted by molar-refractivity contribution is 5.99. The van der Waals surface area contributed by atoms with Crippen molar-refractivity contribution in [3.63, 3.8) is 0 Å². The van der Waals surface area contributed by atoms with Crippen LogP contribution in [0.4, 0.5) is 0 Å². The van der Waals surface area contributed by atoms with Crippen LogP contribution in [0.25, 0.3) is 0 Å². The molecule has 0 saturated heterocycles. The standard InChI is InChI=1S/C14H12O2/c15-10-2-1-3-11-4-6-12(7-5-11)14(16)13-8-9-13/h4-7,10,13H,2,8-9H2. The summed E-state index contributed by atoms with van der Waals surface area (Å²) in [6.07, 6.45) is 3.08. The second-order valence-electron chi connectivity index (χ2n) is 3.89. The van der Waals surface area contributed by atoms with E-state index in [0.717, 1.165) is 30.3 Å². The molecule has 1 fully saturated rings. The van der Waals surface area contributed by atoms with Gasteiger partial charge in [0, 0.05) is 17.0 Å². The van der Waals surface area contributed by atoms with Crippen molar-refractivity contribution in [2.45, 2.75) is 19.3 Å². The summed E-state index contributed by atoms with van der Waals surface area (Å²) in [6, 6.07) is 7.28. The lowest BCUT2D eigenvalue weighted by Gasteiger charge is -1.98. The van der Waals surface area contributed by atoms with Crippen molar-refractivity contribution in [2.24, 2.45) is 5.92 Å². The van der Waals surface area contributed by atoms with E-state index in [1.54, 1.807) is 0 Å². The van der Waals surface area contributed by atoms with Crippen LogP contribution in [0.5, 0.6) is 0 Å². The Kier molecular flexibility index (Phi) is 3.16. The van der Waals surface area contributed by atoms with Crippen LogP contribution >= 0.6 is 0 Å². The molecule has 1 aliphatic carbocycles. The van der Waals surface area contributed by atoms with Gasteiger partial charge in [-0.1, -0.05) is 24.0 Å². The fourth-order valence-electron chi connectivity index (χ4n) is 1.49. The van der Waals surface area contributed by atoms with Gasteiger partial charge >= 0.3 is 0 Å². The van der Waals surface area contributed by atoms with Gasteiger partial charge in [-0.2, -0.15) is 0 Å². The second-order valence-corrected chi connectivity index (χ2v) is 3.89. The summed E-state index contributed by atoms with van der Waals surface area (Å²) in [5.41, 5.74) is 1.61. The first kappa shape index (κ1) is 10.6. The minimum Gasteiger partial charge on any atom is -0.302 e. The Labute approximate surface area is 94.7 Å². The Morgan fingerprint density at radius 1 is 1.31 bits per heavy atom. The number of aldehydes is 1. The van der Waals surface area contributed by atoms with Crippen molar-refractivity contribution in [3.8, 4) is 11.8 Å². The first-order valence-corrected chi connectivity index (χ1v) is 5.38. The maximum atomic E-state index is 11.7. The van der Waals surface area contributed by atoms with E-state index in [0.29, 0.717) is 0 Å². The number of Topliss-reactive ketones (excluding diaryl/α,β-unsaturated/α-hetero) is 1. The van der Waals surface area contributed by atoms with E-state index in [-0.39, 0.29) is 18.1 Å². The molecule has 1 saturated carbocycles. The molecule has 0 heterocycles. The minimum atomic E-state index is 0.243. The molecule has 1 aliphatic rings. The second kappa shape index (κ2) is 4.76. The van der Waals surface area contributed by atoms with Crippen LogP contribution < -0.4 is 0 Å². The zero-order chi connectivity index (χ0) is 11.4. The molecule has 0 aromatic heterocycles. The molecule has 0 unspecified atom stereocenters. The van der Waals surface area contributed by atoms with Crippen molar-refractivity contribution in [3.05, 3.63) is 35.4 Å². The molecule has 0 N–H and O–H groups in total. The van der Waals surface area contributed by atoms with Crippen LogP contribution in [0.2, 0.25) is 0 Å². The fourth-order valence-corrected chi connectivity index (χ4v) is 1.49. The highest BCUT2D eigenvalue weighted by Crippen LogP contribution is 2.32. The average molecular weight is 212 g/mol. The molecule has 0 aliphatic heterocycles. The predicted octanol–water partition coefficient (Wildman–Crippen LogP) is 2.22. The molecule has 0 spiro atoms. The number of rotatable bonds is 3. The molecule has 2 heteroatoms. The van der Waals surface area contributed by atoms with Gasteiger partial charge in [-0.3, -0.25) is 4.79 Å². The quantitative estimate of drug-likeness (QED) is 0.437. The third-order valence-corrected chi connectivity index (χ3v) is 2.54. The first-order chi connectivity index (χ1) is 7.81. The molecular weight excluding hydrogens is 200 g/mol. The molecule has 0 radical (unpaired) electrons. The van der Waals surface area contributed by atoms with Crippen LogP contribution in [0.1, 0.15) is 35.2 Å². The number of carbonyl (C=O) groups excluding carboxylic acids is 2. The number of hydrogen-bond donors (Lipinski definition) is 0. The van der Waals surface area contributed by atoms with E-state index in [1.165, 1.54) is 0 Å². The summed E-state index contributed by atoms with van der Waals surface area (Å²) in [5.74, 6) is 6.10. The lowest BCUT2D eigenvalue weighted by Crippen LogP contribution is -2.00. The summed E-state index contributed by atoms with van der Waals surface area (Å²) in [5, 5.41) is 0. The largest absolute Gasteiger partial charge is 0.302 e. The van der Waals surface area contributed by atoms with Crippen LogP contribution in [0, 0.1) is 17.8 Å². The smallest absolute Gasteiger partial charge is 0.165 e. The minimum absolute atomic E-state index is 0.243. The van der Waals surface area contributed by atoms with Crippen LogP contribution in [0.15, 0.2) is 24.3 Å². The summed E-state index contributed by atoms with van der Waals surface area (Å²) in [6.45, 7) is 0. The van der Waals surface area contributed by atoms with Gasteiger partial charge < -0.3 is 4.79 Å². The van der Waals surface area contributed by atoms with Gasteiger partial charge in [0.1, 0.15) is 6.29 Å². The molecule has 0 bridgehead atoms. The molecule has 0 atom stereocenters. The summed E-state index contributed by atoms with van der Waals surface area (Å²) in [4.78, 5) is 21.8. The van der Waals surface area contributed by atoms with Gasteiger partial charge in [-0.25, -0.2) is 0 Å². The van der Waals surface area contributed by atoms with Gasteiger partial charge in [0.05, 0.1) is 6.42 Å². The van der Waals surface area contributed by atoms with Crippen molar-refractivity contribution in [1.82, 2.24) is 0 Å². The fraction of sp³-hybridized carbons (Fsp3) is 0.286. The molecule has 1 aromatic rings. The molecule has 80 valence electrons. The zero-order valence-electron chi connectivity index (χ0n) is 8.90. The zero-order valence-corrected chi connectivity index (χ0v) is 8.90. The van der Waals surface area contributed by atoms with E-state index in [2.05, 4.69) is 11.8 Å². The number of carbonyl (C=O) groups is 2. The van der Waals surface area contributed by atoms with E-state index in [4.69, 9.17) is 0 Å². The van der Waals surface area contributed by atoms with Crippen molar-refractivity contribution in [1.29, 1.82) is 0 Å². The Morgan fingerprint density at radius 3 is 2.56 bits per heavy atom. The Bertz CT molecular complexity index is 456. The third-order valence-electron chi connectivity index (χ3n) is 2.54. The van der Waals surface area contributed by atoms with E-state index in [1.807, 2.05) is 24.3 Å². The first-order valence-electron chi connectivity index (χ1n) is 5.38. The van der Waals surface area contributed by atoms with Crippen LogP contribution in [0.3, 0.4) is 0 Å². The monoisotopic (exact) mass is 212 g/mol. The highest BCUT2D eigenvalue weighted by atomic mass is 16.1. The molecule has 2 rings (SSSR count). The summed E-state index contributed by atoms with van der Waals surface area (Å²) < 4.78 is 0. The average Bonchev–Trinajstić information content (AvgIpc) is 3.13.